The number of carbonyl (C=O) groups excluding carboxylic acids is 1. The van der Waals surface area contributed by atoms with Crippen molar-refractivity contribution in [1.29, 1.82) is 0 Å². The van der Waals surface area contributed by atoms with Crippen LogP contribution in [0.25, 0.3) is 16.9 Å². The van der Waals surface area contributed by atoms with Crippen LogP contribution < -0.4 is 14.8 Å². The second-order valence-corrected chi connectivity index (χ2v) is 7.38. The summed E-state index contributed by atoms with van der Waals surface area (Å²) in [7, 11) is 3.07. The van der Waals surface area contributed by atoms with Crippen molar-refractivity contribution in [3.05, 3.63) is 94.7 Å². The predicted molar refractivity (Wildman–Crippen MR) is 128 cm³/mol. The summed E-state index contributed by atoms with van der Waals surface area (Å²) < 4.78 is 12.2. The van der Waals surface area contributed by atoms with Crippen molar-refractivity contribution in [2.24, 2.45) is 0 Å². The number of nitrogens with zero attached hydrogens (tertiary/aromatic N) is 3. The number of nitro groups is 1. The molecule has 0 bridgehead atoms. The summed E-state index contributed by atoms with van der Waals surface area (Å²) in [6, 6.07) is 20.7. The first-order chi connectivity index (χ1) is 16.5. The molecule has 0 unspecified atom stereocenters. The number of non-ortho nitro benzene ring substituents is 1. The van der Waals surface area contributed by atoms with Gasteiger partial charge >= 0.3 is 0 Å². The predicted octanol–water partition coefficient (Wildman–Crippen LogP) is 4.65. The molecule has 1 aromatic heterocycles. The maximum atomic E-state index is 13.0. The lowest BCUT2D eigenvalue weighted by molar-refractivity contribution is -0.384. The Bertz CT molecular complexity index is 1320. The Hall–Kier alpha value is -4.66. The molecule has 9 heteroatoms. The molecule has 9 nitrogen and oxygen atoms in total. The van der Waals surface area contributed by atoms with Gasteiger partial charge in [-0.15, -0.1) is 0 Å². The molecule has 0 fully saturated rings. The number of aromatic nitrogens is 2. The number of amides is 1. The normalized spacial score (nSPS) is 10.5. The molecule has 0 spiro atoms. The first kappa shape index (κ1) is 22.5. The summed E-state index contributed by atoms with van der Waals surface area (Å²) in [5, 5.41) is 18.6. The van der Waals surface area contributed by atoms with Crippen molar-refractivity contribution in [3.63, 3.8) is 0 Å². The molecule has 0 aliphatic rings. The zero-order chi connectivity index (χ0) is 24.1. The Morgan fingerprint density at radius 1 is 1.03 bits per heavy atom. The zero-order valence-corrected chi connectivity index (χ0v) is 18.6. The van der Waals surface area contributed by atoms with Crippen molar-refractivity contribution in [2.45, 2.75) is 6.42 Å². The molecule has 4 rings (SSSR count). The molecule has 1 heterocycles. The lowest BCUT2D eigenvalue weighted by Gasteiger charge is -2.11. The lowest BCUT2D eigenvalue weighted by Crippen LogP contribution is -2.15. The van der Waals surface area contributed by atoms with Crippen molar-refractivity contribution in [3.8, 4) is 28.4 Å². The fourth-order valence-corrected chi connectivity index (χ4v) is 3.51. The second kappa shape index (κ2) is 9.86. The van der Waals surface area contributed by atoms with Crippen LogP contribution in [-0.2, 0) is 11.2 Å². The first-order valence-electron chi connectivity index (χ1n) is 10.4. The monoisotopic (exact) mass is 458 g/mol. The van der Waals surface area contributed by atoms with Crippen LogP contribution in [-0.4, -0.2) is 34.8 Å². The molecule has 34 heavy (non-hydrogen) atoms. The van der Waals surface area contributed by atoms with E-state index < -0.39 is 4.92 Å². The number of rotatable bonds is 8. The Balaban J connectivity index is 1.65. The maximum absolute atomic E-state index is 13.0. The van der Waals surface area contributed by atoms with Gasteiger partial charge in [0.15, 0.2) is 0 Å². The van der Waals surface area contributed by atoms with Gasteiger partial charge in [0, 0.05) is 35.5 Å². The van der Waals surface area contributed by atoms with Gasteiger partial charge in [0.05, 0.1) is 42.6 Å². The Labute approximate surface area is 195 Å². The summed E-state index contributed by atoms with van der Waals surface area (Å²) in [6.45, 7) is 0. The highest BCUT2D eigenvalue weighted by molar-refractivity contribution is 5.94. The fraction of sp³-hybridized carbons (Fsp3) is 0.120. The Morgan fingerprint density at radius 3 is 2.41 bits per heavy atom. The fourth-order valence-electron chi connectivity index (χ4n) is 3.51. The zero-order valence-electron chi connectivity index (χ0n) is 18.6. The van der Waals surface area contributed by atoms with Crippen LogP contribution in [0.3, 0.4) is 0 Å². The first-order valence-corrected chi connectivity index (χ1v) is 10.4. The van der Waals surface area contributed by atoms with Gasteiger partial charge in [-0.25, -0.2) is 4.68 Å². The summed E-state index contributed by atoms with van der Waals surface area (Å²) >= 11 is 0. The summed E-state index contributed by atoms with van der Waals surface area (Å²) in [4.78, 5) is 23.5. The molecule has 172 valence electrons. The average Bonchev–Trinajstić information content (AvgIpc) is 3.28. The van der Waals surface area contributed by atoms with Crippen molar-refractivity contribution in [2.75, 3.05) is 19.5 Å². The van der Waals surface area contributed by atoms with Gasteiger partial charge in [-0.05, 0) is 36.4 Å². The van der Waals surface area contributed by atoms with E-state index in [4.69, 9.17) is 9.47 Å². The van der Waals surface area contributed by atoms with E-state index in [1.165, 1.54) is 19.2 Å². The number of hydrogen-bond acceptors (Lipinski definition) is 6. The molecule has 1 amide bonds. The van der Waals surface area contributed by atoms with E-state index in [0.717, 1.165) is 5.69 Å². The molecule has 3 aromatic carbocycles. The van der Waals surface area contributed by atoms with Gasteiger partial charge in [-0.3, -0.25) is 14.9 Å². The van der Waals surface area contributed by atoms with E-state index in [1.807, 2.05) is 30.3 Å². The van der Waals surface area contributed by atoms with E-state index in [2.05, 4.69) is 10.4 Å². The van der Waals surface area contributed by atoms with Crippen LogP contribution in [0.5, 0.6) is 11.5 Å². The van der Waals surface area contributed by atoms with Crippen LogP contribution in [0, 0.1) is 10.1 Å². The largest absolute Gasteiger partial charge is 0.497 e. The van der Waals surface area contributed by atoms with Gasteiger partial charge in [0.2, 0.25) is 5.91 Å². The van der Waals surface area contributed by atoms with E-state index >= 15 is 0 Å². The maximum Gasteiger partial charge on any atom is 0.269 e. The number of methoxy groups -OCH3 is 2. The van der Waals surface area contributed by atoms with E-state index in [-0.39, 0.29) is 18.0 Å². The number of para-hydroxylation sites is 1. The highest BCUT2D eigenvalue weighted by Gasteiger charge is 2.18. The van der Waals surface area contributed by atoms with Crippen molar-refractivity contribution < 1.29 is 19.2 Å². The molecule has 0 saturated carbocycles. The molecule has 0 aliphatic carbocycles. The molecule has 4 aromatic rings. The van der Waals surface area contributed by atoms with Crippen LogP contribution in [0.1, 0.15) is 5.56 Å². The number of carbonyl (C=O) groups is 1. The van der Waals surface area contributed by atoms with Gasteiger partial charge in [-0.2, -0.15) is 5.10 Å². The smallest absolute Gasteiger partial charge is 0.269 e. The molecular formula is C25H22N4O5. The quantitative estimate of drug-likeness (QED) is 0.304. The number of anilines is 1. The number of nitrogens with one attached hydrogen (secondary N) is 1. The molecular weight excluding hydrogens is 436 g/mol. The lowest BCUT2D eigenvalue weighted by atomic mass is 10.1. The molecule has 0 atom stereocenters. The summed E-state index contributed by atoms with van der Waals surface area (Å²) in [5.41, 5.74) is 3.23. The molecule has 0 aliphatic heterocycles. The van der Waals surface area contributed by atoms with Gasteiger partial charge in [0.1, 0.15) is 11.5 Å². The van der Waals surface area contributed by atoms with Gasteiger partial charge in [0.25, 0.3) is 5.69 Å². The van der Waals surface area contributed by atoms with Gasteiger partial charge < -0.3 is 14.8 Å². The van der Waals surface area contributed by atoms with E-state index in [9.17, 15) is 14.9 Å². The minimum atomic E-state index is -0.455. The molecule has 0 radical (unpaired) electrons. The van der Waals surface area contributed by atoms with Crippen LogP contribution >= 0.6 is 0 Å². The van der Waals surface area contributed by atoms with Crippen LogP contribution in [0.4, 0.5) is 11.4 Å². The third-order valence-corrected chi connectivity index (χ3v) is 5.20. The minimum absolute atomic E-state index is 0.0165. The highest BCUT2D eigenvalue weighted by atomic mass is 16.6. The SMILES string of the molecule is COc1ccc(NC(=O)Cc2cn(-c3ccccc3)nc2-c2ccc([N+](=O)[O-])cc2)c(OC)c1. The minimum Gasteiger partial charge on any atom is -0.497 e. The highest BCUT2D eigenvalue weighted by Crippen LogP contribution is 2.30. The third-order valence-electron chi connectivity index (χ3n) is 5.20. The Morgan fingerprint density at radius 2 is 1.76 bits per heavy atom. The topological polar surface area (TPSA) is 109 Å². The van der Waals surface area contributed by atoms with E-state index in [1.54, 1.807) is 48.3 Å². The summed E-state index contributed by atoms with van der Waals surface area (Å²) in [5.74, 6) is 0.821. The van der Waals surface area contributed by atoms with E-state index in [0.29, 0.717) is 34.0 Å². The Kier molecular flexibility index (Phi) is 6.54. The second-order valence-electron chi connectivity index (χ2n) is 7.38. The van der Waals surface area contributed by atoms with Crippen LogP contribution in [0.15, 0.2) is 79.0 Å². The standard InChI is InChI=1S/C25H22N4O5/c1-33-21-12-13-22(23(15-21)34-2)26-24(30)14-18-16-28(19-6-4-3-5-7-19)27-25(18)17-8-10-20(11-9-17)29(31)32/h3-13,15-16H,14H2,1-2H3,(H,26,30). The molecule has 1 N–H and O–H groups in total. The van der Waals surface area contributed by atoms with Crippen molar-refractivity contribution >= 4 is 17.3 Å². The average molecular weight is 458 g/mol. The third kappa shape index (κ3) is 4.88. The number of hydrogen-bond donors (Lipinski definition) is 1. The number of ether oxygens (including phenoxy) is 2. The van der Waals surface area contributed by atoms with Crippen LogP contribution in [0.2, 0.25) is 0 Å². The van der Waals surface area contributed by atoms with Gasteiger partial charge in [-0.1, -0.05) is 18.2 Å². The summed E-state index contributed by atoms with van der Waals surface area (Å²) in [6.07, 6.45) is 1.82. The number of nitro benzene ring substituents is 1. The van der Waals surface area contributed by atoms with Crippen molar-refractivity contribution in [1.82, 2.24) is 9.78 Å². The number of benzene rings is 3. The molecule has 0 saturated heterocycles.